The molecule has 1 N–H and O–H groups in total. The zero-order valence-corrected chi connectivity index (χ0v) is 8.32. The number of nitrogens with zero attached hydrogens (tertiary/aromatic N) is 4. The van der Waals surface area contributed by atoms with Crippen LogP contribution >= 0.6 is 0 Å². The minimum absolute atomic E-state index is 0.138. The Morgan fingerprint density at radius 1 is 1.50 bits per heavy atom. The molecule has 2 heterocycles. The topological polar surface area (TPSA) is 63.1 Å². The molecule has 0 saturated carbocycles. The van der Waals surface area contributed by atoms with Gasteiger partial charge in [0.2, 0.25) is 11.9 Å². The summed E-state index contributed by atoms with van der Waals surface area (Å²) in [6.07, 6.45) is 0. The minimum Gasteiger partial charge on any atom is -0.297 e. The van der Waals surface area contributed by atoms with Crippen molar-refractivity contribution < 1.29 is 4.79 Å². The van der Waals surface area contributed by atoms with Gasteiger partial charge in [-0.25, -0.2) is 4.68 Å². The largest absolute Gasteiger partial charge is 0.297 e. The van der Waals surface area contributed by atoms with Crippen molar-refractivity contribution in [3.8, 4) is 0 Å². The first-order chi connectivity index (χ1) is 6.65. The standard InChI is InChI=1S/C8H13N5O/c1-6(14)9-8-10-7-5-12(2)3-4-13(7)11-8/h3-5H2,1-2H3,(H,9,11,14). The molecule has 0 unspecified atom stereocenters. The molecular formula is C8H13N5O. The van der Waals surface area contributed by atoms with E-state index in [0.717, 1.165) is 25.5 Å². The van der Waals surface area contributed by atoms with E-state index < -0.39 is 0 Å². The van der Waals surface area contributed by atoms with Crippen LogP contribution in [0.25, 0.3) is 0 Å². The number of aromatic nitrogens is 3. The summed E-state index contributed by atoms with van der Waals surface area (Å²) in [4.78, 5) is 17.2. The molecule has 0 bridgehead atoms. The van der Waals surface area contributed by atoms with Gasteiger partial charge in [-0.3, -0.25) is 15.0 Å². The van der Waals surface area contributed by atoms with Crippen molar-refractivity contribution in [2.75, 3.05) is 18.9 Å². The molecule has 76 valence electrons. The smallest absolute Gasteiger partial charge is 0.249 e. The van der Waals surface area contributed by atoms with E-state index in [4.69, 9.17) is 0 Å². The number of anilines is 1. The molecule has 0 radical (unpaired) electrons. The predicted octanol–water partition coefficient (Wildman–Crippen LogP) is -0.318. The Labute approximate surface area is 81.9 Å². The molecule has 1 aromatic heterocycles. The molecule has 0 aliphatic carbocycles. The van der Waals surface area contributed by atoms with E-state index in [1.54, 1.807) is 0 Å². The lowest BCUT2D eigenvalue weighted by molar-refractivity contribution is -0.114. The Bertz CT molecular complexity index is 359. The van der Waals surface area contributed by atoms with E-state index in [9.17, 15) is 4.79 Å². The number of fused-ring (bicyclic) bond motifs is 1. The highest BCUT2D eigenvalue weighted by Crippen LogP contribution is 2.10. The molecule has 1 aromatic rings. The van der Waals surface area contributed by atoms with E-state index in [0.29, 0.717) is 5.95 Å². The summed E-state index contributed by atoms with van der Waals surface area (Å²) in [5.41, 5.74) is 0. The van der Waals surface area contributed by atoms with Gasteiger partial charge >= 0.3 is 0 Å². The summed E-state index contributed by atoms with van der Waals surface area (Å²) in [6, 6.07) is 0. The number of amides is 1. The first-order valence-electron chi connectivity index (χ1n) is 4.55. The monoisotopic (exact) mass is 195 g/mol. The average Bonchev–Trinajstić information content (AvgIpc) is 2.44. The maximum atomic E-state index is 10.8. The number of nitrogens with one attached hydrogen (secondary N) is 1. The SMILES string of the molecule is CC(=O)Nc1nc2n(n1)CCN(C)C2. The molecular weight excluding hydrogens is 182 g/mol. The van der Waals surface area contributed by atoms with Crippen LogP contribution in [0.2, 0.25) is 0 Å². The van der Waals surface area contributed by atoms with Crippen molar-refractivity contribution >= 4 is 11.9 Å². The van der Waals surface area contributed by atoms with Gasteiger partial charge in [-0.1, -0.05) is 0 Å². The first kappa shape index (κ1) is 9.14. The molecule has 0 fully saturated rings. The summed E-state index contributed by atoms with van der Waals surface area (Å²) in [6.45, 7) is 4.03. The highest BCUT2D eigenvalue weighted by molar-refractivity contribution is 5.86. The van der Waals surface area contributed by atoms with Gasteiger partial charge in [-0.05, 0) is 7.05 Å². The van der Waals surface area contributed by atoms with Gasteiger partial charge in [0.25, 0.3) is 0 Å². The third-order valence-corrected chi connectivity index (χ3v) is 2.14. The fraction of sp³-hybridized carbons (Fsp3) is 0.625. The van der Waals surface area contributed by atoms with Crippen molar-refractivity contribution in [3.05, 3.63) is 5.82 Å². The van der Waals surface area contributed by atoms with Gasteiger partial charge in [0, 0.05) is 13.5 Å². The van der Waals surface area contributed by atoms with Crippen molar-refractivity contribution in [2.45, 2.75) is 20.0 Å². The van der Waals surface area contributed by atoms with Crippen LogP contribution in [-0.4, -0.2) is 39.2 Å². The van der Waals surface area contributed by atoms with Crippen LogP contribution in [0.4, 0.5) is 5.95 Å². The first-order valence-corrected chi connectivity index (χ1v) is 4.55. The zero-order chi connectivity index (χ0) is 10.1. The normalized spacial score (nSPS) is 16.4. The minimum atomic E-state index is -0.138. The van der Waals surface area contributed by atoms with Gasteiger partial charge in [0.1, 0.15) is 5.82 Å². The number of carbonyl (C=O) groups is 1. The molecule has 6 heteroatoms. The molecule has 1 aliphatic heterocycles. The molecule has 1 aliphatic rings. The Kier molecular flexibility index (Phi) is 2.20. The average molecular weight is 195 g/mol. The fourth-order valence-corrected chi connectivity index (χ4v) is 1.47. The second-order valence-corrected chi connectivity index (χ2v) is 3.49. The Morgan fingerprint density at radius 2 is 2.29 bits per heavy atom. The van der Waals surface area contributed by atoms with Crippen LogP contribution < -0.4 is 5.32 Å². The van der Waals surface area contributed by atoms with Gasteiger partial charge in [-0.15, -0.1) is 5.10 Å². The number of likely N-dealkylation sites (N-methyl/N-ethyl adjacent to an activating group) is 1. The quantitative estimate of drug-likeness (QED) is 0.667. The Balaban J connectivity index is 2.19. The fourth-order valence-electron chi connectivity index (χ4n) is 1.47. The number of carbonyl (C=O) groups excluding carboxylic acids is 1. The summed E-state index contributed by atoms with van der Waals surface area (Å²) in [7, 11) is 2.04. The lowest BCUT2D eigenvalue weighted by Crippen LogP contribution is -2.30. The third-order valence-electron chi connectivity index (χ3n) is 2.14. The summed E-state index contributed by atoms with van der Waals surface area (Å²) < 4.78 is 1.84. The number of rotatable bonds is 1. The van der Waals surface area contributed by atoms with E-state index in [2.05, 4.69) is 20.3 Å². The van der Waals surface area contributed by atoms with Crippen LogP contribution in [-0.2, 0) is 17.9 Å². The summed E-state index contributed by atoms with van der Waals surface area (Å²) in [5.74, 6) is 1.17. The number of hydrogen-bond acceptors (Lipinski definition) is 4. The van der Waals surface area contributed by atoms with Crippen LogP contribution in [0.15, 0.2) is 0 Å². The summed E-state index contributed by atoms with van der Waals surface area (Å²) >= 11 is 0. The van der Waals surface area contributed by atoms with Crippen LogP contribution in [0, 0.1) is 0 Å². The van der Waals surface area contributed by atoms with Crippen LogP contribution in [0.3, 0.4) is 0 Å². The lowest BCUT2D eigenvalue weighted by Gasteiger charge is -2.21. The highest BCUT2D eigenvalue weighted by Gasteiger charge is 2.17. The van der Waals surface area contributed by atoms with Gasteiger partial charge in [0.05, 0.1) is 13.1 Å². The Hall–Kier alpha value is -1.43. The van der Waals surface area contributed by atoms with Crippen molar-refractivity contribution in [1.29, 1.82) is 0 Å². The molecule has 0 spiro atoms. The van der Waals surface area contributed by atoms with Gasteiger partial charge in [0.15, 0.2) is 0 Å². The second kappa shape index (κ2) is 3.38. The molecule has 0 atom stereocenters. The summed E-state index contributed by atoms with van der Waals surface area (Å²) in [5, 5.41) is 6.75. The van der Waals surface area contributed by atoms with E-state index in [-0.39, 0.29) is 5.91 Å². The van der Waals surface area contributed by atoms with Gasteiger partial charge < -0.3 is 0 Å². The molecule has 2 rings (SSSR count). The maximum absolute atomic E-state index is 10.8. The molecule has 14 heavy (non-hydrogen) atoms. The van der Waals surface area contributed by atoms with Gasteiger partial charge in [-0.2, -0.15) is 4.98 Å². The van der Waals surface area contributed by atoms with Crippen LogP contribution in [0.5, 0.6) is 0 Å². The molecule has 0 saturated heterocycles. The number of hydrogen-bond donors (Lipinski definition) is 1. The van der Waals surface area contributed by atoms with Crippen molar-refractivity contribution in [3.63, 3.8) is 0 Å². The maximum Gasteiger partial charge on any atom is 0.249 e. The zero-order valence-electron chi connectivity index (χ0n) is 8.32. The predicted molar refractivity (Wildman–Crippen MR) is 50.7 cm³/mol. The van der Waals surface area contributed by atoms with Crippen LogP contribution in [0.1, 0.15) is 12.7 Å². The molecule has 6 nitrogen and oxygen atoms in total. The van der Waals surface area contributed by atoms with Crippen molar-refractivity contribution in [2.24, 2.45) is 0 Å². The third kappa shape index (κ3) is 1.74. The molecule has 1 amide bonds. The van der Waals surface area contributed by atoms with E-state index in [1.165, 1.54) is 6.92 Å². The van der Waals surface area contributed by atoms with E-state index in [1.807, 2.05) is 11.7 Å². The Morgan fingerprint density at radius 3 is 3.00 bits per heavy atom. The van der Waals surface area contributed by atoms with Crippen molar-refractivity contribution in [1.82, 2.24) is 19.7 Å². The highest BCUT2D eigenvalue weighted by atomic mass is 16.1. The lowest BCUT2D eigenvalue weighted by atomic mass is 10.4. The van der Waals surface area contributed by atoms with E-state index >= 15 is 0 Å². The molecule has 0 aromatic carbocycles. The second-order valence-electron chi connectivity index (χ2n) is 3.49.